The van der Waals surface area contributed by atoms with Gasteiger partial charge >= 0.3 is 0 Å². The van der Waals surface area contributed by atoms with Gasteiger partial charge in [0.2, 0.25) is 0 Å². The number of aliphatic hydroxyl groups is 1. The summed E-state index contributed by atoms with van der Waals surface area (Å²) in [5.74, 6) is 1.20. The van der Waals surface area contributed by atoms with Crippen LogP contribution in [0.1, 0.15) is 50.8 Å². The Balaban J connectivity index is 1.92. The zero-order valence-electron chi connectivity index (χ0n) is 14.8. The maximum Gasteiger partial charge on any atom is 0.119 e. The van der Waals surface area contributed by atoms with Gasteiger partial charge < -0.3 is 9.84 Å². The summed E-state index contributed by atoms with van der Waals surface area (Å²) in [5, 5.41) is 10.9. The number of methoxy groups -OCH3 is 1. The van der Waals surface area contributed by atoms with E-state index >= 15 is 0 Å². The monoisotopic (exact) mass is 315 g/mol. The van der Waals surface area contributed by atoms with Crippen molar-refractivity contribution in [2.24, 2.45) is 5.92 Å². The predicted molar refractivity (Wildman–Crippen MR) is 93.9 cm³/mol. The van der Waals surface area contributed by atoms with E-state index in [1.807, 2.05) is 6.07 Å². The van der Waals surface area contributed by atoms with Crippen molar-refractivity contribution in [2.45, 2.75) is 45.1 Å². The first-order valence-electron chi connectivity index (χ1n) is 8.65. The van der Waals surface area contributed by atoms with E-state index in [0.29, 0.717) is 5.92 Å². The number of aliphatic hydroxyl groups excluding tert-OH is 1. The Kier molecular flexibility index (Phi) is 4.52. The van der Waals surface area contributed by atoms with E-state index in [4.69, 9.17) is 4.74 Å². The van der Waals surface area contributed by atoms with Gasteiger partial charge in [-0.1, -0.05) is 24.6 Å². The lowest BCUT2D eigenvalue weighted by atomic mass is 9.65. The third-order valence-corrected chi connectivity index (χ3v) is 5.62. The minimum atomic E-state index is -0.365. The average molecular weight is 315 g/mol. The zero-order chi connectivity index (χ0) is 16.6. The standard InChI is InChI=1S/C20H29NO2/c1-14(2)7-9-21-10-8-20(3)12-15(13-21)19(22)17-6-5-16(23-4)11-18(17)20/h5-7,11,15,19,22H,8-10,12-13H2,1-4H3. The van der Waals surface area contributed by atoms with Crippen LogP contribution in [0.2, 0.25) is 0 Å². The lowest BCUT2D eigenvalue weighted by Crippen LogP contribution is -2.36. The molecule has 3 rings (SSSR count). The van der Waals surface area contributed by atoms with Crippen LogP contribution < -0.4 is 4.74 Å². The van der Waals surface area contributed by atoms with Gasteiger partial charge in [-0.25, -0.2) is 0 Å². The van der Waals surface area contributed by atoms with Gasteiger partial charge in [-0.05, 0) is 61.9 Å². The summed E-state index contributed by atoms with van der Waals surface area (Å²) in [5.41, 5.74) is 3.88. The van der Waals surface area contributed by atoms with Crippen LogP contribution in [0, 0.1) is 5.92 Å². The molecule has 1 fully saturated rings. The van der Waals surface area contributed by atoms with Gasteiger partial charge in [-0.15, -0.1) is 0 Å². The van der Waals surface area contributed by atoms with Crippen molar-refractivity contribution in [1.29, 1.82) is 0 Å². The third-order valence-electron chi connectivity index (χ3n) is 5.62. The normalized spacial score (nSPS) is 30.3. The van der Waals surface area contributed by atoms with Crippen LogP contribution in [-0.4, -0.2) is 36.8 Å². The van der Waals surface area contributed by atoms with Crippen molar-refractivity contribution >= 4 is 0 Å². The Bertz CT molecular complexity index is 606. The number of allylic oxidation sites excluding steroid dienone is 1. The molecule has 3 nitrogen and oxygen atoms in total. The van der Waals surface area contributed by atoms with E-state index in [1.54, 1.807) is 7.11 Å². The molecule has 0 spiro atoms. The minimum absolute atomic E-state index is 0.132. The molecule has 23 heavy (non-hydrogen) atoms. The lowest BCUT2D eigenvalue weighted by Gasteiger charge is -2.41. The summed E-state index contributed by atoms with van der Waals surface area (Å²) in [6.07, 6.45) is 4.11. The molecule has 3 heteroatoms. The molecule has 1 aliphatic heterocycles. The zero-order valence-corrected chi connectivity index (χ0v) is 14.8. The number of fused-ring (bicyclic) bond motifs is 4. The van der Waals surface area contributed by atoms with Gasteiger partial charge in [0, 0.05) is 19.0 Å². The highest BCUT2D eigenvalue weighted by Gasteiger charge is 2.43. The summed E-state index contributed by atoms with van der Waals surface area (Å²) in [7, 11) is 1.71. The number of nitrogens with zero attached hydrogens (tertiary/aromatic N) is 1. The molecule has 0 radical (unpaired) electrons. The van der Waals surface area contributed by atoms with Crippen LogP contribution in [0.15, 0.2) is 29.8 Å². The molecule has 2 bridgehead atoms. The molecule has 0 amide bonds. The number of rotatable bonds is 3. The molecule has 1 aromatic carbocycles. The van der Waals surface area contributed by atoms with Crippen LogP contribution >= 0.6 is 0 Å². The molecule has 1 saturated heterocycles. The minimum Gasteiger partial charge on any atom is -0.497 e. The van der Waals surface area contributed by atoms with Crippen molar-refractivity contribution in [3.8, 4) is 5.75 Å². The Morgan fingerprint density at radius 1 is 1.43 bits per heavy atom. The first-order chi connectivity index (χ1) is 10.9. The molecule has 2 aliphatic rings. The van der Waals surface area contributed by atoms with Gasteiger partial charge in [0.05, 0.1) is 13.2 Å². The Morgan fingerprint density at radius 2 is 2.22 bits per heavy atom. The van der Waals surface area contributed by atoms with E-state index in [9.17, 15) is 5.11 Å². The fraction of sp³-hybridized carbons (Fsp3) is 0.600. The van der Waals surface area contributed by atoms with E-state index in [0.717, 1.165) is 43.8 Å². The summed E-state index contributed by atoms with van der Waals surface area (Å²) in [6.45, 7) is 9.70. The number of benzene rings is 1. The first kappa shape index (κ1) is 16.5. The second kappa shape index (κ2) is 6.29. The molecular weight excluding hydrogens is 286 g/mol. The number of hydrogen-bond donors (Lipinski definition) is 1. The van der Waals surface area contributed by atoms with Crippen LogP contribution in [0.5, 0.6) is 5.75 Å². The molecular formula is C20H29NO2. The fourth-order valence-electron chi connectivity index (χ4n) is 4.20. The quantitative estimate of drug-likeness (QED) is 0.864. The first-order valence-corrected chi connectivity index (χ1v) is 8.65. The van der Waals surface area contributed by atoms with Gasteiger partial charge in [0.15, 0.2) is 0 Å². The van der Waals surface area contributed by atoms with Crippen LogP contribution in [0.4, 0.5) is 0 Å². The Morgan fingerprint density at radius 3 is 2.91 bits per heavy atom. The number of likely N-dealkylation sites (tertiary alicyclic amines) is 1. The largest absolute Gasteiger partial charge is 0.497 e. The van der Waals surface area contributed by atoms with Gasteiger partial charge in [-0.2, -0.15) is 0 Å². The van der Waals surface area contributed by atoms with E-state index < -0.39 is 0 Å². The molecule has 0 saturated carbocycles. The molecule has 3 unspecified atom stereocenters. The summed E-state index contributed by atoms with van der Waals surface area (Å²) in [4.78, 5) is 2.50. The third kappa shape index (κ3) is 3.17. The maximum absolute atomic E-state index is 10.9. The van der Waals surface area contributed by atoms with Gasteiger partial charge in [0.1, 0.15) is 5.75 Å². The van der Waals surface area contributed by atoms with E-state index in [1.165, 1.54) is 11.1 Å². The summed E-state index contributed by atoms with van der Waals surface area (Å²) >= 11 is 0. The van der Waals surface area contributed by atoms with Crippen LogP contribution in [0.3, 0.4) is 0 Å². The highest BCUT2D eigenvalue weighted by atomic mass is 16.5. The number of ether oxygens (including phenoxy) is 1. The summed E-state index contributed by atoms with van der Waals surface area (Å²) in [6, 6.07) is 6.18. The molecule has 0 aromatic heterocycles. The second-order valence-corrected chi connectivity index (χ2v) is 7.71. The van der Waals surface area contributed by atoms with E-state index in [2.05, 4.69) is 43.9 Å². The Labute approximate surface area is 140 Å². The maximum atomic E-state index is 10.9. The van der Waals surface area contributed by atoms with Crippen molar-refractivity contribution < 1.29 is 9.84 Å². The molecule has 1 aromatic rings. The molecule has 1 aliphatic carbocycles. The second-order valence-electron chi connectivity index (χ2n) is 7.71. The SMILES string of the molecule is COc1ccc2c(c1)C1(C)CCN(CC=C(C)C)CC(C1)C2O. The highest BCUT2D eigenvalue weighted by molar-refractivity contribution is 5.44. The Hall–Kier alpha value is -1.32. The van der Waals surface area contributed by atoms with E-state index in [-0.39, 0.29) is 11.5 Å². The molecule has 3 atom stereocenters. The van der Waals surface area contributed by atoms with Crippen molar-refractivity contribution in [1.82, 2.24) is 4.90 Å². The average Bonchev–Trinajstić information content (AvgIpc) is 2.69. The van der Waals surface area contributed by atoms with Gasteiger partial charge in [0.25, 0.3) is 0 Å². The summed E-state index contributed by atoms with van der Waals surface area (Å²) < 4.78 is 5.42. The predicted octanol–water partition coefficient (Wildman–Crippen LogP) is 3.68. The van der Waals surface area contributed by atoms with Crippen molar-refractivity contribution in [2.75, 3.05) is 26.7 Å². The van der Waals surface area contributed by atoms with Crippen LogP contribution in [-0.2, 0) is 5.41 Å². The van der Waals surface area contributed by atoms with Crippen molar-refractivity contribution in [3.63, 3.8) is 0 Å². The van der Waals surface area contributed by atoms with Crippen LogP contribution in [0.25, 0.3) is 0 Å². The number of hydrogen-bond acceptors (Lipinski definition) is 3. The molecule has 1 heterocycles. The fourth-order valence-corrected chi connectivity index (χ4v) is 4.20. The molecule has 126 valence electrons. The highest BCUT2D eigenvalue weighted by Crippen LogP contribution is 2.49. The lowest BCUT2D eigenvalue weighted by molar-refractivity contribution is 0.0652. The van der Waals surface area contributed by atoms with Gasteiger partial charge in [-0.3, -0.25) is 4.90 Å². The van der Waals surface area contributed by atoms with Crippen molar-refractivity contribution in [3.05, 3.63) is 41.0 Å². The topological polar surface area (TPSA) is 32.7 Å². The smallest absolute Gasteiger partial charge is 0.119 e. The molecule has 1 N–H and O–H groups in total.